The van der Waals surface area contributed by atoms with Crippen molar-refractivity contribution < 1.29 is 31.4 Å². The highest BCUT2D eigenvalue weighted by atomic mass is 19.4. The molecule has 1 fully saturated rings. The first-order valence-electron chi connectivity index (χ1n) is 15.1. The summed E-state index contributed by atoms with van der Waals surface area (Å²) < 4.78 is 79.4. The van der Waals surface area contributed by atoms with Crippen molar-refractivity contribution in [3.63, 3.8) is 0 Å². The summed E-state index contributed by atoms with van der Waals surface area (Å²) in [7, 11) is 0. The second-order valence-corrected chi connectivity index (χ2v) is 12.2. The number of likely N-dealkylation sites (tertiary alicyclic amines) is 1. The van der Waals surface area contributed by atoms with Crippen molar-refractivity contribution in [2.75, 3.05) is 19.7 Å². The van der Waals surface area contributed by atoms with Crippen LogP contribution in [0.25, 0.3) is 11.1 Å². The van der Waals surface area contributed by atoms with E-state index in [0.717, 1.165) is 73.2 Å². The van der Waals surface area contributed by atoms with E-state index in [4.69, 9.17) is 0 Å². The van der Waals surface area contributed by atoms with Crippen LogP contribution in [0, 0.1) is 5.92 Å². The highest BCUT2D eigenvalue weighted by Gasteiger charge is 2.33. The molecule has 1 heterocycles. The van der Waals surface area contributed by atoms with Gasteiger partial charge in [0.25, 0.3) is 0 Å². The highest BCUT2D eigenvalue weighted by molar-refractivity contribution is 5.66. The fourth-order valence-electron chi connectivity index (χ4n) is 6.14. The lowest BCUT2D eigenvalue weighted by Gasteiger charge is -2.39. The van der Waals surface area contributed by atoms with Crippen LogP contribution in [-0.4, -0.2) is 29.7 Å². The maximum absolute atomic E-state index is 13.3. The monoisotopic (exact) mass is 605 g/mol. The van der Waals surface area contributed by atoms with Crippen LogP contribution in [0.15, 0.2) is 66.7 Å². The van der Waals surface area contributed by atoms with E-state index >= 15 is 0 Å². The van der Waals surface area contributed by atoms with Crippen LogP contribution < -0.4 is 0 Å². The van der Waals surface area contributed by atoms with Gasteiger partial charge in [-0.3, -0.25) is 4.90 Å². The third-order valence-corrected chi connectivity index (χ3v) is 8.71. The van der Waals surface area contributed by atoms with Crippen molar-refractivity contribution in [3.05, 3.63) is 94.5 Å². The summed E-state index contributed by atoms with van der Waals surface area (Å²) in [5.41, 5.74) is 3.03. The maximum Gasteiger partial charge on any atom is 0.416 e. The van der Waals surface area contributed by atoms with Gasteiger partial charge in [0.1, 0.15) is 0 Å². The van der Waals surface area contributed by atoms with E-state index in [0.29, 0.717) is 17.9 Å². The molecular weight excluding hydrogens is 564 g/mol. The quantitative estimate of drug-likeness (QED) is 0.233. The smallest absolute Gasteiger partial charge is 0.396 e. The Labute approximate surface area is 250 Å². The highest BCUT2D eigenvalue weighted by Crippen LogP contribution is 2.39. The average Bonchev–Trinajstić information content (AvgIpc) is 2.97. The second-order valence-electron chi connectivity index (χ2n) is 12.2. The van der Waals surface area contributed by atoms with Gasteiger partial charge in [0.2, 0.25) is 0 Å². The van der Waals surface area contributed by atoms with Gasteiger partial charge in [-0.1, -0.05) is 63.2 Å². The number of benzene rings is 3. The number of halogens is 6. The minimum absolute atomic E-state index is 0.0223. The number of piperidine rings is 1. The van der Waals surface area contributed by atoms with E-state index in [9.17, 15) is 31.4 Å². The standard InChI is InChI=1S/C35H41F6NO/c1-4-24(22-43)28-18-29(25-8-12-31(13-9-25)34(36,37)38)20-30(19-28)27-6-5-17-42(21-27)33(16-7-23(2)3)26-10-14-32(15-11-26)35(39,40)41/h8-15,18-20,23-24,27,33,43H,4-7,16-17,21-22H2,1-3H3/t24-,27?,33?/m0/s1. The van der Waals surface area contributed by atoms with Gasteiger partial charge < -0.3 is 5.11 Å². The van der Waals surface area contributed by atoms with Crippen LogP contribution in [0.3, 0.4) is 0 Å². The third-order valence-electron chi connectivity index (χ3n) is 8.71. The van der Waals surface area contributed by atoms with Crippen molar-refractivity contribution in [1.82, 2.24) is 4.90 Å². The molecule has 0 aromatic heterocycles. The molecule has 0 saturated carbocycles. The lowest BCUT2D eigenvalue weighted by Crippen LogP contribution is -2.37. The summed E-state index contributed by atoms with van der Waals surface area (Å²) in [6.45, 7) is 7.80. The number of alkyl halides is 6. The summed E-state index contributed by atoms with van der Waals surface area (Å²) in [4.78, 5) is 2.38. The topological polar surface area (TPSA) is 23.5 Å². The van der Waals surface area contributed by atoms with E-state index in [2.05, 4.69) is 24.8 Å². The van der Waals surface area contributed by atoms with E-state index in [1.807, 2.05) is 19.1 Å². The summed E-state index contributed by atoms with van der Waals surface area (Å²) >= 11 is 0. The number of nitrogens with zero attached hydrogens (tertiary/aromatic N) is 1. The summed E-state index contributed by atoms with van der Waals surface area (Å²) in [5.74, 6) is 0.484. The summed E-state index contributed by atoms with van der Waals surface area (Å²) in [5, 5.41) is 10.1. The van der Waals surface area contributed by atoms with Gasteiger partial charge >= 0.3 is 12.4 Å². The molecule has 0 radical (unpaired) electrons. The first-order valence-corrected chi connectivity index (χ1v) is 15.1. The molecule has 1 aliphatic heterocycles. The predicted octanol–water partition coefficient (Wildman–Crippen LogP) is 10.2. The molecule has 3 aromatic rings. The van der Waals surface area contributed by atoms with Gasteiger partial charge in [0.05, 0.1) is 11.1 Å². The molecule has 234 valence electrons. The Balaban J connectivity index is 1.67. The fraction of sp³-hybridized carbons (Fsp3) is 0.486. The number of aliphatic hydroxyl groups excluding tert-OH is 1. The first kappa shape index (κ1) is 33.1. The van der Waals surface area contributed by atoms with Gasteiger partial charge in [-0.05, 0) is 103 Å². The molecule has 8 heteroatoms. The van der Waals surface area contributed by atoms with Gasteiger partial charge in [0, 0.05) is 25.1 Å². The van der Waals surface area contributed by atoms with Crippen molar-refractivity contribution >= 4 is 0 Å². The van der Waals surface area contributed by atoms with Crippen molar-refractivity contribution in [1.29, 1.82) is 0 Å². The minimum Gasteiger partial charge on any atom is -0.396 e. The molecule has 1 saturated heterocycles. The molecule has 1 N–H and O–H groups in total. The molecule has 0 aliphatic carbocycles. The molecule has 1 aliphatic rings. The molecule has 0 spiro atoms. The molecule has 2 nitrogen and oxygen atoms in total. The number of hydrogen-bond acceptors (Lipinski definition) is 2. The zero-order valence-electron chi connectivity index (χ0n) is 25.0. The zero-order chi connectivity index (χ0) is 31.4. The Kier molecular flexibility index (Phi) is 10.7. The van der Waals surface area contributed by atoms with Crippen molar-refractivity contribution in [2.45, 2.75) is 83.1 Å². The summed E-state index contributed by atoms with van der Waals surface area (Å²) in [6, 6.07) is 16.8. The van der Waals surface area contributed by atoms with Crippen LogP contribution in [0.1, 0.15) is 98.6 Å². The van der Waals surface area contributed by atoms with E-state index in [1.54, 1.807) is 12.1 Å². The molecule has 3 aromatic carbocycles. The predicted molar refractivity (Wildman–Crippen MR) is 159 cm³/mol. The van der Waals surface area contributed by atoms with Crippen LogP contribution in [0.4, 0.5) is 26.3 Å². The summed E-state index contributed by atoms with van der Waals surface area (Å²) in [6.07, 6.45) is -4.48. The average molecular weight is 606 g/mol. The minimum atomic E-state index is -4.42. The molecular formula is C35H41F6NO. The molecule has 0 bridgehead atoms. The van der Waals surface area contributed by atoms with Gasteiger partial charge in [-0.15, -0.1) is 0 Å². The normalized spacial score (nSPS) is 18.2. The molecule has 43 heavy (non-hydrogen) atoms. The zero-order valence-corrected chi connectivity index (χ0v) is 25.0. The van der Waals surface area contributed by atoms with Crippen LogP contribution in [0.5, 0.6) is 0 Å². The fourth-order valence-corrected chi connectivity index (χ4v) is 6.14. The van der Waals surface area contributed by atoms with E-state index < -0.39 is 23.5 Å². The Hall–Kier alpha value is -2.84. The Morgan fingerprint density at radius 3 is 1.93 bits per heavy atom. The van der Waals surface area contributed by atoms with Crippen molar-refractivity contribution in [3.8, 4) is 11.1 Å². The largest absolute Gasteiger partial charge is 0.416 e. The SMILES string of the molecule is CC[C@@H](CO)c1cc(-c2ccc(C(F)(F)F)cc2)cc(C2CCCN(C(CCC(C)C)c3ccc(C(F)(F)F)cc3)C2)c1. The van der Waals surface area contributed by atoms with Crippen LogP contribution in [-0.2, 0) is 12.4 Å². The third kappa shape index (κ3) is 8.42. The lowest BCUT2D eigenvalue weighted by atomic mass is 9.83. The maximum atomic E-state index is 13.3. The number of hydrogen-bond donors (Lipinski definition) is 1. The Morgan fingerprint density at radius 1 is 0.791 bits per heavy atom. The first-order chi connectivity index (χ1) is 20.3. The molecule has 4 rings (SSSR count). The molecule has 3 atom stereocenters. The number of rotatable bonds is 10. The number of aliphatic hydroxyl groups is 1. The van der Waals surface area contributed by atoms with E-state index in [1.165, 1.54) is 24.3 Å². The van der Waals surface area contributed by atoms with Crippen molar-refractivity contribution in [2.24, 2.45) is 5.92 Å². The Bertz CT molecular complexity index is 1310. The lowest BCUT2D eigenvalue weighted by molar-refractivity contribution is -0.138. The van der Waals surface area contributed by atoms with E-state index in [-0.39, 0.29) is 24.5 Å². The van der Waals surface area contributed by atoms with Gasteiger partial charge in [-0.25, -0.2) is 0 Å². The van der Waals surface area contributed by atoms with Crippen LogP contribution in [0.2, 0.25) is 0 Å². The van der Waals surface area contributed by atoms with Crippen LogP contribution >= 0.6 is 0 Å². The molecule has 2 unspecified atom stereocenters. The second kappa shape index (κ2) is 13.9. The molecule has 0 amide bonds. The van der Waals surface area contributed by atoms with Gasteiger partial charge in [-0.2, -0.15) is 26.3 Å². The Morgan fingerprint density at radius 2 is 1.40 bits per heavy atom. The van der Waals surface area contributed by atoms with Gasteiger partial charge in [0.15, 0.2) is 0 Å².